The Morgan fingerprint density at radius 3 is 2.21 bits per heavy atom. The molecule has 14 heavy (non-hydrogen) atoms. The van der Waals surface area contributed by atoms with E-state index in [2.05, 4.69) is 32.5 Å². The zero-order valence-electron chi connectivity index (χ0n) is 9.88. The van der Waals surface area contributed by atoms with E-state index < -0.39 is 0 Å². The Morgan fingerprint density at radius 2 is 1.79 bits per heavy atom. The third-order valence-corrected chi connectivity index (χ3v) is 5.17. The molecule has 0 radical (unpaired) electrons. The Labute approximate surface area is 93.2 Å². The van der Waals surface area contributed by atoms with Crippen LogP contribution >= 0.6 is 11.8 Å². The van der Waals surface area contributed by atoms with Crippen molar-refractivity contribution >= 4 is 11.8 Å². The predicted octanol–water partition coefficient (Wildman–Crippen LogP) is 3.43. The lowest BCUT2D eigenvalue weighted by Gasteiger charge is -2.33. The molecule has 0 aromatic carbocycles. The van der Waals surface area contributed by atoms with Gasteiger partial charge in [-0.2, -0.15) is 11.8 Å². The van der Waals surface area contributed by atoms with Gasteiger partial charge in [0.2, 0.25) is 0 Å². The van der Waals surface area contributed by atoms with Crippen LogP contribution in [0.4, 0.5) is 0 Å². The molecule has 1 atom stereocenters. The molecule has 0 saturated heterocycles. The Kier molecular flexibility index (Phi) is 4.78. The van der Waals surface area contributed by atoms with Gasteiger partial charge < -0.3 is 5.73 Å². The molecule has 0 bridgehead atoms. The molecule has 0 heterocycles. The Balaban J connectivity index is 2.39. The van der Waals surface area contributed by atoms with Gasteiger partial charge in [0.1, 0.15) is 0 Å². The summed E-state index contributed by atoms with van der Waals surface area (Å²) in [6.45, 7) is 7.74. The number of thioether (sulfide) groups is 1. The van der Waals surface area contributed by atoms with Crippen LogP contribution in [0.15, 0.2) is 0 Å². The summed E-state index contributed by atoms with van der Waals surface area (Å²) in [5, 5.41) is 1.52. The Hall–Kier alpha value is 0.310. The average Bonchev–Trinajstić information content (AvgIpc) is 2.14. The molecule has 2 N–H and O–H groups in total. The zero-order chi connectivity index (χ0) is 10.6. The molecule has 84 valence electrons. The third kappa shape index (κ3) is 3.82. The van der Waals surface area contributed by atoms with Crippen LogP contribution in [0.25, 0.3) is 0 Å². The summed E-state index contributed by atoms with van der Waals surface area (Å²) >= 11 is 2.15. The molecule has 0 spiro atoms. The molecule has 0 amide bonds. The van der Waals surface area contributed by atoms with E-state index in [0.717, 1.165) is 11.8 Å². The van der Waals surface area contributed by atoms with Gasteiger partial charge >= 0.3 is 0 Å². The van der Waals surface area contributed by atoms with Crippen molar-refractivity contribution in [2.24, 2.45) is 11.1 Å². The second kappa shape index (κ2) is 5.41. The van der Waals surface area contributed by atoms with Crippen LogP contribution in [0.1, 0.15) is 52.9 Å². The first kappa shape index (κ1) is 12.4. The molecule has 1 aliphatic rings. The van der Waals surface area contributed by atoms with E-state index in [1.54, 1.807) is 0 Å². The second-order valence-corrected chi connectivity index (χ2v) is 6.99. The molecule has 1 aliphatic carbocycles. The fourth-order valence-corrected chi connectivity index (χ4v) is 3.64. The highest BCUT2D eigenvalue weighted by Gasteiger charge is 2.27. The Morgan fingerprint density at radius 1 is 1.21 bits per heavy atom. The number of hydrogen-bond donors (Lipinski definition) is 1. The van der Waals surface area contributed by atoms with Gasteiger partial charge in [0.25, 0.3) is 0 Å². The molecular formula is C12H25NS. The quantitative estimate of drug-likeness (QED) is 0.780. The second-order valence-electron chi connectivity index (χ2n) is 5.49. The fraction of sp³-hybridized carbons (Fsp3) is 1.00. The summed E-state index contributed by atoms with van der Waals surface area (Å²) in [5.41, 5.74) is 6.21. The van der Waals surface area contributed by atoms with Crippen LogP contribution in [-0.4, -0.2) is 17.0 Å². The first-order valence-electron chi connectivity index (χ1n) is 5.89. The van der Waals surface area contributed by atoms with E-state index in [0.29, 0.717) is 10.7 Å². The normalized spacial score (nSPS) is 22.3. The topological polar surface area (TPSA) is 26.0 Å². The van der Waals surface area contributed by atoms with Gasteiger partial charge in [-0.3, -0.25) is 0 Å². The maximum atomic E-state index is 5.86. The van der Waals surface area contributed by atoms with Gasteiger partial charge in [0.05, 0.1) is 0 Å². The molecule has 1 unspecified atom stereocenters. The molecule has 0 aliphatic heterocycles. The summed E-state index contributed by atoms with van der Waals surface area (Å²) in [6.07, 6.45) is 7.13. The van der Waals surface area contributed by atoms with Gasteiger partial charge in [-0.1, -0.05) is 40.0 Å². The van der Waals surface area contributed by atoms with Crippen molar-refractivity contribution < 1.29 is 0 Å². The predicted molar refractivity (Wildman–Crippen MR) is 66.8 cm³/mol. The van der Waals surface area contributed by atoms with Crippen LogP contribution in [0, 0.1) is 5.41 Å². The first-order chi connectivity index (χ1) is 6.54. The van der Waals surface area contributed by atoms with E-state index in [1.807, 2.05) is 0 Å². The van der Waals surface area contributed by atoms with Gasteiger partial charge in [-0.05, 0) is 18.3 Å². The summed E-state index contributed by atoms with van der Waals surface area (Å²) in [5.74, 6) is 0. The van der Waals surface area contributed by atoms with E-state index in [9.17, 15) is 0 Å². The van der Waals surface area contributed by atoms with Gasteiger partial charge in [0.15, 0.2) is 0 Å². The van der Waals surface area contributed by atoms with Crippen molar-refractivity contribution in [3.05, 3.63) is 0 Å². The molecule has 0 aromatic rings. The van der Waals surface area contributed by atoms with Crippen molar-refractivity contribution in [3.63, 3.8) is 0 Å². The highest BCUT2D eigenvalue weighted by Crippen LogP contribution is 2.37. The monoisotopic (exact) mass is 215 g/mol. The maximum absolute atomic E-state index is 5.86. The van der Waals surface area contributed by atoms with Crippen LogP contribution in [-0.2, 0) is 0 Å². The van der Waals surface area contributed by atoms with Gasteiger partial charge in [0, 0.05) is 17.0 Å². The van der Waals surface area contributed by atoms with Gasteiger partial charge in [-0.15, -0.1) is 0 Å². The summed E-state index contributed by atoms with van der Waals surface area (Å²) in [4.78, 5) is 0. The van der Waals surface area contributed by atoms with Crippen molar-refractivity contribution in [1.29, 1.82) is 0 Å². The average molecular weight is 215 g/mol. The standard InChI is InChI=1S/C12H25NS/c1-12(2,3)11(9-13)14-10-7-5-4-6-8-10/h10-11H,4-9,13H2,1-3H3. The Bertz CT molecular complexity index is 156. The summed E-state index contributed by atoms with van der Waals surface area (Å²) < 4.78 is 0. The molecule has 1 nitrogen and oxygen atoms in total. The molecule has 2 heteroatoms. The SMILES string of the molecule is CC(C)(C)C(CN)SC1CCCCC1. The van der Waals surface area contributed by atoms with Crippen LogP contribution in [0.2, 0.25) is 0 Å². The maximum Gasteiger partial charge on any atom is 0.0221 e. The molecule has 1 fully saturated rings. The van der Waals surface area contributed by atoms with E-state index >= 15 is 0 Å². The van der Waals surface area contributed by atoms with E-state index in [4.69, 9.17) is 5.73 Å². The molecular weight excluding hydrogens is 190 g/mol. The van der Waals surface area contributed by atoms with Crippen LogP contribution < -0.4 is 5.73 Å². The lowest BCUT2D eigenvalue weighted by molar-refractivity contribution is 0.395. The minimum absolute atomic E-state index is 0.358. The highest BCUT2D eigenvalue weighted by atomic mass is 32.2. The lowest BCUT2D eigenvalue weighted by atomic mass is 9.92. The third-order valence-electron chi connectivity index (χ3n) is 3.09. The van der Waals surface area contributed by atoms with Crippen LogP contribution in [0.3, 0.4) is 0 Å². The number of rotatable bonds is 3. The number of nitrogens with two attached hydrogens (primary N) is 1. The summed E-state index contributed by atoms with van der Waals surface area (Å²) in [6, 6.07) is 0. The van der Waals surface area contributed by atoms with Crippen molar-refractivity contribution in [2.45, 2.75) is 63.4 Å². The minimum Gasteiger partial charge on any atom is -0.329 e. The van der Waals surface area contributed by atoms with Crippen molar-refractivity contribution in [2.75, 3.05) is 6.54 Å². The van der Waals surface area contributed by atoms with Crippen LogP contribution in [0.5, 0.6) is 0 Å². The highest BCUT2D eigenvalue weighted by molar-refractivity contribution is 8.00. The van der Waals surface area contributed by atoms with Crippen molar-refractivity contribution in [1.82, 2.24) is 0 Å². The summed E-state index contributed by atoms with van der Waals surface area (Å²) in [7, 11) is 0. The smallest absolute Gasteiger partial charge is 0.0221 e. The number of hydrogen-bond acceptors (Lipinski definition) is 2. The molecule has 1 rings (SSSR count). The van der Waals surface area contributed by atoms with Crippen molar-refractivity contribution in [3.8, 4) is 0 Å². The largest absolute Gasteiger partial charge is 0.329 e. The molecule has 0 aromatic heterocycles. The van der Waals surface area contributed by atoms with Gasteiger partial charge in [-0.25, -0.2) is 0 Å². The first-order valence-corrected chi connectivity index (χ1v) is 6.84. The van der Waals surface area contributed by atoms with E-state index in [1.165, 1.54) is 32.1 Å². The minimum atomic E-state index is 0.358. The van der Waals surface area contributed by atoms with E-state index in [-0.39, 0.29) is 0 Å². The fourth-order valence-electron chi connectivity index (χ4n) is 2.05. The molecule has 1 saturated carbocycles. The zero-order valence-corrected chi connectivity index (χ0v) is 10.7. The lowest BCUT2D eigenvalue weighted by Crippen LogP contribution is -2.33.